The number of nitrogens with zero attached hydrogens (tertiary/aromatic N) is 2. The van der Waals surface area contributed by atoms with Crippen LogP contribution in [0.15, 0.2) is 53.7 Å². The van der Waals surface area contributed by atoms with Gasteiger partial charge in [0.2, 0.25) is 0 Å². The maximum atomic E-state index is 12.1. The van der Waals surface area contributed by atoms with Gasteiger partial charge in [0, 0.05) is 25.8 Å². The van der Waals surface area contributed by atoms with Gasteiger partial charge in [0.25, 0.3) is 5.91 Å². The highest BCUT2D eigenvalue weighted by Gasteiger charge is 2.08. The number of aromatic nitrogens is 1. The molecule has 0 aliphatic carbocycles. The second kappa shape index (κ2) is 10.3. The molecule has 1 aromatic heterocycles. The van der Waals surface area contributed by atoms with E-state index < -0.39 is 0 Å². The molecule has 2 rings (SSSR count). The number of rotatable bonds is 7. The highest BCUT2D eigenvalue weighted by molar-refractivity contribution is 6.33. The first-order valence-electron chi connectivity index (χ1n) is 8.15. The Morgan fingerprint density at radius 1 is 1.08 bits per heavy atom. The minimum Gasteiger partial charge on any atom is -0.357 e. The molecule has 0 fully saturated rings. The lowest BCUT2D eigenvalue weighted by molar-refractivity contribution is 0.0954. The van der Waals surface area contributed by atoms with Crippen LogP contribution in [0.25, 0.3) is 0 Å². The summed E-state index contributed by atoms with van der Waals surface area (Å²) in [4.78, 5) is 20.8. The van der Waals surface area contributed by atoms with Crippen LogP contribution in [-0.4, -0.2) is 36.5 Å². The zero-order valence-corrected chi connectivity index (χ0v) is 14.9. The Labute approximate surface area is 152 Å². The van der Waals surface area contributed by atoms with Gasteiger partial charge in [-0.3, -0.25) is 9.78 Å². The first-order valence-corrected chi connectivity index (χ1v) is 8.53. The monoisotopic (exact) mass is 359 g/mol. The zero-order chi connectivity index (χ0) is 17.9. The van der Waals surface area contributed by atoms with Crippen molar-refractivity contribution in [3.63, 3.8) is 0 Å². The summed E-state index contributed by atoms with van der Waals surface area (Å²) in [5.41, 5.74) is 1.37. The fourth-order valence-electron chi connectivity index (χ4n) is 2.09. The molecule has 0 radical (unpaired) electrons. The quantitative estimate of drug-likeness (QED) is 0.402. The second-order valence-electron chi connectivity index (χ2n) is 5.18. The number of carbonyl (C=O) groups is 1. The predicted molar refractivity (Wildman–Crippen MR) is 101 cm³/mol. The molecule has 1 heterocycles. The molecule has 0 saturated carbocycles. The Morgan fingerprint density at radius 3 is 2.56 bits per heavy atom. The van der Waals surface area contributed by atoms with Crippen LogP contribution in [0.1, 0.15) is 23.0 Å². The summed E-state index contributed by atoms with van der Waals surface area (Å²) in [5, 5.41) is 9.61. The normalized spacial score (nSPS) is 11.0. The summed E-state index contributed by atoms with van der Waals surface area (Å²) >= 11 is 6.01. The van der Waals surface area contributed by atoms with Gasteiger partial charge in [-0.25, -0.2) is 4.99 Å². The van der Waals surface area contributed by atoms with E-state index >= 15 is 0 Å². The Balaban J connectivity index is 1.79. The molecule has 0 atom stereocenters. The average Bonchev–Trinajstić information content (AvgIpc) is 2.64. The van der Waals surface area contributed by atoms with Gasteiger partial charge in [-0.1, -0.05) is 29.8 Å². The Kier molecular flexibility index (Phi) is 7.72. The number of benzene rings is 1. The highest BCUT2D eigenvalue weighted by atomic mass is 35.5. The number of hydrogen-bond acceptors (Lipinski definition) is 3. The Hall–Kier alpha value is -2.60. The van der Waals surface area contributed by atoms with Crippen molar-refractivity contribution in [3.05, 3.63) is 64.9 Å². The number of hydrogen-bond donors (Lipinski definition) is 3. The molecular formula is C18H22ClN5O. The number of carbonyl (C=O) groups excluding carboxylic acids is 1. The van der Waals surface area contributed by atoms with Crippen LogP contribution in [0.5, 0.6) is 0 Å². The summed E-state index contributed by atoms with van der Waals surface area (Å²) in [6.07, 6.45) is 1.75. The fraction of sp³-hybridized carbons (Fsp3) is 0.278. The Bertz CT molecular complexity index is 706. The first-order chi connectivity index (χ1) is 12.2. The Morgan fingerprint density at radius 2 is 1.84 bits per heavy atom. The van der Waals surface area contributed by atoms with Gasteiger partial charge in [-0.2, -0.15) is 0 Å². The molecule has 1 aromatic carbocycles. The van der Waals surface area contributed by atoms with Crippen molar-refractivity contribution in [2.75, 3.05) is 19.6 Å². The van der Waals surface area contributed by atoms with E-state index in [1.54, 1.807) is 30.5 Å². The number of nitrogens with one attached hydrogen (secondary N) is 3. The molecule has 0 bridgehead atoms. The molecule has 3 N–H and O–H groups in total. The van der Waals surface area contributed by atoms with Gasteiger partial charge < -0.3 is 16.0 Å². The van der Waals surface area contributed by atoms with Crippen molar-refractivity contribution in [2.45, 2.75) is 13.5 Å². The molecule has 132 valence electrons. The van der Waals surface area contributed by atoms with E-state index in [-0.39, 0.29) is 5.91 Å². The molecule has 0 aliphatic rings. The van der Waals surface area contributed by atoms with Crippen LogP contribution in [0.3, 0.4) is 0 Å². The molecule has 25 heavy (non-hydrogen) atoms. The third-order valence-corrected chi connectivity index (χ3v) is 3.62. The highest BCUT2D eigenvalue weighted by Crippen LogP contribution is 2.14. The maximum absolute atomic E-state index is 12.1. The third-order valence-electron chi connectivity index (χ3n) is 3.29. The summed E-state index contributed by atoms with van der Waals surface area (Å²) in [6.45, 7) is 4.24. The van der Waals surface area contributed by atoms with E-state index in [4.69, 9.17) is 11.6 Å². The van der Waals surface area contributed by atoms with Gasteiger partial charge in [0.15, 0.2) is 5.96 Å². The van der Waals surface area contributed by atoms with Crippen LogP contribution in [0.4, 0.5) is 0 Å². The molecule has 7 heteroatoms. The van der Waals surface area contributed by atoms with E-state index in [0.29, 0.717) is 36.2 Å². The van der Waals surface area contributed by atoms with Crippen molar-refractivity contribution >= 4 is 23.5 Å². The summed E-state index contributed by atoms with van der Waals surface area (Å²) in [7, 11) is 0. The average molecular weight is 360 g/mol. The maximum Gasteiger partial charge on any atom is 0.252 e. The predicted octanol–water partition coefficient (Wildman–Crippen LogP) is 2.22. The van der Waals surface area contributed by atoms with Crippen LogP contribution < -0.4 is 16.0 Å². The minimum atomic E-state index is -0.192. The number of halogens is 1. The standard InChI is InChI=1S/C18H22ClN5O/c1-2-20-18(24-13-14-7-5-6-10-21-14)23-12-11-22-17(25)15-8-3-4-9-16(15)19/h3-10H,2,11-13H2,1H3,(H,22,25)(H2,20,23,24). The van der Waals surface area contributed by atoms with Gasteiger partial charge in [-0.05, 0) is 31.2 Å². The van der Waals surface area contributed by atoms with Gasteiger partial charge in [0.05, 0.1) is 22.8 Å². The molecular weight excluding hydrogens is 338 g/mol. The fourth-order valence-corrected chi connectivity index (χ4v) is 2.31. The smallest absolute Gasteiger partial charge is 0.252 e. The molecule has 1 amide bonds. The van der Waals surface area contributed by atoms with Crippen LogP contribution >= 0.6 is 11.6 Å². The summed E-state index contributed by atoms with van der Waals surface area (Å²) < 4.78 is 0. The lowest BCUT2D eigenvalue weighted by Crippen LogP contribution is -2.41. The van der Waals surface area contributed by atoms with Crippen molar-refractivity contribution in [3.8, 4) is 0 Å². The number of amides is 1. The van der Waals surface area contributed by atoms with Crippen molar-refractivity contribution in [1.82, 2.24) is 20.9 Å². The largest absolute Gasteiger partial charge is 0.357 e. The minimum absolute atomic E-state index is 0.192. The van der Waals surface area contributed by atoms with E-state index in [1.807, 2.05) is 25.1 Å². The van der Waals surface area contributed by atoms with E-state index in [1.165, 1.54) is 0 Å². The van der Waals surface area contributed by atoms with E-state index in [9.17, 15) is 4.79 Å². The van der Waals surface area contributed by atoms with E-state index in [0.717, 1.165) is 12.2 Å². The molecule has 0 spiro atoms. The lowest BCUT2D eigenvalue weighted by Gasteiger charge is -2.12. The van der Waals surface area contributed by atoms with Crippen molar-refractivity contribution < 1.29 is 4.79 Å². The number of aliphatic imine (C=N–C) groups is 1. The van der Waals surface area contributed by atoms with Gasteiger partial charge >= 0.3 is 0 Å². The van der Waals surface area contributed by atoms with Crippen LogP contribution in [-0.2, 0) is 6.54 Å². The third kappa shape index (κ3) is 6.43. The molecule has 0 saturated heterocycles. The van der Waals surface area contributed by atoms with Crippen LogP contribution in [0.2, 0.25) is 5.02 Å². The van der Waals surface area contributed by atoms with Gasteiger partial charge in [0.1, 0.15) is 0 Å². The number of pyridine rings is 1. The van der Waals surface area contributed by atoms with E-state index in [2.05, 4.69) is 25.9 Å². The summed E-state index contributed by atoms with van der Waals surface area (Å²) in [6, 6.07) is 12.7. The van der Waals surface area contributed by atoms with Gasteiger partial charge in [-0.15, -0.1) is 0 Å². The zero-order valence-electron chi connectivity index (χ0n) is 14.1. The molecule has 6 nitrogen and oxygen atoms in total. The molecule has 2 aromatic rings. The number of guanidine groups is 1. The van der Waals surface area contributed by atoms with Crippen LogP contribution in [0, 0.1) is 0 Å². The first kappa shape index (κ1) is 18.7. The van der Waals surface area contributed by atoms with Crippen molar-refractivity contribution in [2.24, 2.45) is 4.99 Å². The molecule has 0 aliphatic heterocycles. The second-order valence-corrected chi connectivity index (χ2v) is 5.59. The molecule has 0 unspecified atom stereocenters. The van der Waals surface area contributed by atoms with Crippen molar-refractivity contribution in [1.29, 1.82) is 0 Å². The summed E-state index contributed by atoms with van der Waals surface area (Å²) in [5.74, 6) is 0.489. The lowest BCUT2D eigenvalue weighted by atomic mass is 10.2. The SMILES string of the molecule is CCNC(=NCc1ccccn1)NCCNC(=O)c1ccccc1Cl. The topological polar surface area (TPSA) is 78.4 Å².